The van der Waals surface area contributed by atoms with Crippen molar-refractivity contribution in [1.82, 2.24) is 0 Å². The molecule has 0 saturated heterocycles. The van der Waals surface area contributed by atoms with Crippen molar-refractivity contribution in [3.05, 3.63) is 82.2 Å². The molecular weight excluding hydrogens is 453 g/mol. The van der Waals surface area contributed by atoms with E-state index in [4.69, 9.17) is 4.74 Å². The van der Waals surface area contributed by atoms with Gasteiger partial charge in [-0.25, -0.2) is 12.8 Å². The zero-order valence-corrected chi connectivity index (χ0v) is 18.5. The molecule has 0 aliphatic heterocycles. The van der Waals surface area contributed by atoms with Gasteiger partial charge in [0, 0.05) is 23.4 Å². The quantitative estimate of drug-likeness (QED) is 0.375. The first kappa shape index (κ1) is 23.7. The molecule has 11 heteroatoms. The molecule has 0 fully saturated rings. The minimum Gasteiger partial charge on any atom is -0.497 e. The number of nitrogens with zero attached hydrogens (tertiary/aromatic N) is 1. The summed E-state index contributed by atoms with van der Waals surface area (Å²) in [5.74, 6) is -0.696. The fraction of sp³-hybridized carbons (Fsp3) is 0.136. The molecule has 3 rings (SSSR count). The van der Waals surface area contributed by atoms with E-state index in [-0.39, 0.29) is 33.5 Å². The van der Waals surface area contributed by atoms with E-state index in [2.05, 4.69) is 10.6 Å². The van der Waals surface area contributed by atoms with Gasteiger partial charge in [-0.05, 0) is 49.4 Å². The van der Waals surface area contributed by atoms with Crippen molar-refractivity contribution in [2.24, 2.45) is 0 Å². The maximum atomic E-state index is 13.3. The topological polar surface area (TPSA) is 128 Å². The third kappa shape index (κ3) is 5.44. The van der Waals surface area contributed by atoms with Crippen LogP contribution in [0, 0.1) is 22.9 Å². The molecule has 1 amide bonds. The zero-order valence-electron chi connectivity index (χ0n) is 17.7. The Balaban J connectivity index is 1.90. The number of ether oxygens (including phenoxy) is 1. The zero-order chi connectivity index (χ0) is 24.2. The van der Waals surface area contributed by atoms with E-state index in [0.717, 1.165) is 6.07 Å². The van der Waals surface area contributed by atoms with Gasteiger partial charge in [0.05, 0.1) is 34.1 Å². The van der Waals surface area contributed by atoms with Crippen molar-refractivity contribution in [2.75, 3.05) is 24.3 Å². The summed E-state index contributed by atoms with van der Waals surface area (Å²) in [6.07, 6.45) is 0. The minimum atomic E-state index is -4.21. The number of nitro groups is 1. The van der Waals surface area contributed by atoms with Gasteiger partial charge in [-0.1, -0.05) is 6.07 Å². The number of nitro benzene ring substituents is 1. The second-order valence-electron chi connectivity index (χ2n) is 6.98. The Labute approximate surface area is 189 Å². The van der Waals surface area contributed by atoms with Gasteiger partial charge in [0.15, 0.2) is 0 Å². The molecular formula is C22H20FN3O6S. The summed E-state index contributed by atoms with van der Waals surface area (Å²) in [7, 11) is -2.84. The van der Waals surface area contributed by atoms with E-state index in [1.807, 2.05) is 0 Å². The number of benzene rings is 3. The fourth-order valence-electron chi connectivity index (χ4n) is 2.99. The second kappa shape index (κ2) is 9.65. The summed E-state index contributed by atoms with van der Waals surface area (Å²) in [4.78, 5) is 22.4. The number of hydrogen-bond donors (Lipinski definition) is 2. The first-order valence-electron chi connectivity index (χ1n) is 9.59. The van der Waals surface area contributed by atoms with Crippen LogP contribution in [-0.4, -0.2) is 32.9 Å². The van der Waals surface area contributed by atoms with Crippen molar-refractivity contribution >= 4 is 32.8 Å². The Kier molecular flexibility index (Phi) is 6.92. The lowest BCUT2D eigenvalue weighted by atomic mass is 10.2. The van der Waals surface area contributed by atoms with E-state index < -0.39 is 26.5 Å². The number of nitrogens with one attached hydrogen (secondary N) is 2. The Bertz CT molecular complexity index is 1310. The molecule has 0 aliphatic rings. The van der Waals surface area contributed by atoms with Gasteiger partial charge in [0.2, 0.25) is 15.7 Å². The van der Waals surface area contributed by atoms with Gasteiger partial charge >= 0.3 is 0 Å². The number of amides is 1. The van der Waals surface area contributed by atoms with Crippen molar-refractivity contribution in [3.8, 4) is 5.75 Å². The highest BCUT2D eigenvalue weighted by Gasteiger charge is 2.25. The minimum absolute atomic E-state index is 0.105. The molecule has 0 bridgehead atoms. The van der Waals surface area contributed by atoms with E-state index in [0.29, 0.717) is 11.3 Å². The normalized spacial score (nSPS) is 11.0. The van der Waals surface area contributed by atoms with Gasteiger partial charge in [0.1, 0.15) is 11.6 Å². The summed E-state index contributed by atoms with van der Waals surface area (Å²) >= 11 is 0. The fourth-order valence-corrected chi connectivity index (χ4v) is 4.46. The Morgan fingerprint density at radius 3 is 2.42 bits per heavy atom. The van der Waals surface area contributed by atoms with E-state index in [1.165, 1.54) is 68.6 Å². The summed E-state index contributed by atoms with van der Waals surface area (Å²) in [5.41, 5.74) is 0.471. The van der Waals surface area contributed by atoms with Crippen LogP contribution < -0.4 is 15.4 Å². The van der Waals surface area contributed by atoms with Crippen molar-refractivity contribution < 1.29 is 27.3 Å². The number of aryl methyl sites for hydroxylation is 1. The summed E-state index contributed by atoms with van der Waals surface area (Å²) in [6.45, 7) is 1.22. The molecule has 0 saturated carbocycles. The third-order valence-electron chi connectivity index (χ3n) is 4.73. The Hall–Kier alpha value is -3.99. The van der Waals surface area contributed by atoms with Gasteiger partial charge in [-0.3, -0.25) is 14.9 Å². The van der Waals surface area contributed by atoms with E-state index in [9.17, 15) is 27.7 Å². The maximum absolute atomic E-state index is 13.3. The van der Waals surface area contributed by atoms with Gasteiger partial charge in [-0.2, -0.15) is 0 Å². The Morgan fingerprint density at radius 2 is 1.79 bits per heavy atom. The van der Waals surface area contributed by atoms with Crippen molar-refractivity contribution in [3.63, 3.8) is 0 Å². The maximum Gasteiger partial charge on any atom is 0.273 e. The van der Waals surface area contributed by atoms with Crippen LogP contribution in [0.5, 0.6) is 5.75 Å². The van der Waals surface area contributed by atoms with Gasteiger partial charge < -0.3 is 15.4 Å². The molecule has 3 aromatic carbocycles. The van der Waals surface area contributed by atoms with Crippen LogP contribution in [0.4, 0.5) is 21.5 Å². The predicted octanol–water partition coefficient (Wildman–Crippen LogP) is 3.93. The number of rotatable bonds is 8. The van der Waals surface area contributed by atoms with E-state index in [1.54, 1.807) is 0 Å². The molecule has 0 aliphatic carbocycles. The van der Waals surface area contributed by atoms with Crippen LogP contribution in [0.2, 0.25) is 0 Å². The molecule has 0 atom stereocenters. The molecule has 0 radical (unpaired) electrons. The monoisotopic (exact) mass is 473 g/mol. The van der Waals surface area contributed by atoms with Crippen molar-refractivity contribution in [2.45, 2.75) is 16.7 Å². The average molecular weight is 473 g/mol. The first-order chi connectivity index (χ1) is 15.6. The second-order valence-corrected chi connectivity index (χ2v) is 8.90. The van der Waals surface area contributed by atoms with Crippen LogP contribution in [0.3, 0.4) is 0 Å². The molecule has 0 heterocycles. The molecule has 3 aromatic rings. The predicted molar refractivity (Wildman–Crippen MR) is 120 cm³/mol. The van der Waals surface area contributed by atoms with Crippen LogP contribution in [0.25, 0.3) is 0 Å². The highest BCUT2D eigenvalue weighted by atomic mass is 32.2. The number of anilines is 2. The van der Waals surface area contributed by atoms with E-state index >= 15 is 0 Å². The van der Waals surface area contributed by atoms with Crippen LogP contribution in [-0.2, 0) is 14.6 Å². The highest BCUT2D eigenvalue weighted by molar-refractivity contribution is 7.91. The number of carbonyl (C=O) groups is 1. The number of sulfone groups is 1. The first-order valence-corrected chi connectivity index (χ1v) is 11.1. The molecule has 9 nitrogen and oxygen atoms in total. The van der Waals surface area contributed by atoms with Gasteiger partial charge in [0.25, 0.3) is 5.69 Å². The number of hydrogen-bond acceptors (Lipinski definition) is 7. The lowest BCUT2D eigenvalue weighted by Crippen LogP contribution is -2.22. The molecule has 0 unspecified atom stereocenters. The molecule has 0 spiro atoms. The van der Waals surface area contributed by atoms with Gasteiger partial charge in [-0.15, -0.1) is 0 Å². The SMILES string of the molecule is COc1ccc(NCC(=O)Nc2ccc(F)cc2)c(S(=O)(=O)c2ccc(C)c([N+](=O)[O-])c2)c1. The smallest absolute Gasteiger partial charge is 0.273 e. The third-order valence-corrected chi connectivity index (χ3v) is 6.52. The van der Waals surface area contributed by atoms with Crippen LogP contribution in [0.1, 0.15) is 5.56 Å². The summed E-state index contributed by atoms with van der Waals surface area (Å²) in [6, 6.07) is 13.0. The molecule has 33 heavy (non-hydrogen) atoms. The Morgan fingerprint density at radius 1 is 1.09 bits per heavy atom. The summed E-state index contributed by atoms with van der Waals surface area (Å²) < 4.78 is 44.8. The van der Waals surface area contributed by atoms with Crippen LogP contribution >= 0.6 is 0 Å². The number of halogens is 1. The largest absolute Gasteiger partial charge is 0.497 e. The van der Waals surface area contributed by atoms with Crippen molar-refractivity contribution in [1.29, 1.82) is 0 Å². The lowest BCUT2D eigenvalue weighted by molar-refractivity contribution is -0.385. The lowest BCUT2D eigenvalue weighted by Gasteiger charge is -2.14. The average Bonchev–Trinajstić information content (AvgIpc) is 2.79. The number of carbonyl (C=O) groups excluding carboxylic acids is 1. The van der Waals surface area contributed by atoms with Crippen LogP contribution in [0.15, 0.2) is 70.5 Å². The standard InChI is InChI=1S/C22H20FN3O6S/c1-14-3-9-18(12-20(14)26(28)29)33(30,31)21-11-17(32-2)8-10-19(21)24-13-22(27)25-16-6-4-15(23)5-7-16/h3-12,24H,13H2,1-2H3,(H,25,27). The molecule has 172 valence electrons. The number of methoxy groups -OCH3 is 1. The molecule has 2 N–H and O–H groups in total. The summed E-state index contributed by atoms with van der Waals surface area (Å²) in [5, 5.41) is 16.6. The highest BCUT2D eigenvalue weighted by Crippen LogP contribution is 2.33. The molecule has 0 aromatic heterocycles.